The third-order valence-electron chi connectivity index (χ3n) is 0.477. The van der Waals surface area contributed by atoms with Crippen molar-refractivity contribution in [3.8, 4) is 0 Å². The van der Waals surface area contributed by atoms with Gasteiger partial charge in [-0.3, -0.25) is 4.72 Å². The Morgan fingerprint density at radius 2 is 2.40 bits per heavy atom. The summed E-state index contributed by atoms with van der Waals surface area (Å²) >= 11 is 1.37. The molecule has 1 rings (SSSR count). The van der Waals surface area contributed by atoms with Gasteiger partial charge < -0.3 is 5.11 Å². The van der Waals surface area contributed by atoms with E-state index in [0.29, 0.717) is 0 Å². The van der Waals surface area contributed by atoms with Crippen LogP contribution in [0.2, 0.25) is 0 Å². The van der Waals surface area contributed by atoms with Gasteiger partial charge in [-0.25, -0.2) is 0 Å². The normalized spacial score (nSPS) is 36.6. The second-order valence-corrected chi connectivity index (χ2v) is 1.99. The zero-order valence-electron chi connectivity index (χ0n) is 2.64. The molecule has 0 aromatic carbocycles. The number of aliphatic hydroxyl groups is 1. The van der Waals surface area contributed by atoms with Gasteiger partial charge in [-0.05, 0) is 11.9 Å². The molecule has 0 aromatic heterocycles. The molecule has 0 amide bonds. The molecule has 3 heteroatoms. The predicted molar refractivity (Wildman–Crippen MR) is 21.6 cm³/mol. The first-order chi connectivity index (χ1) is 2.39. The highest BCUT2D eigenvalue weighted by atomic mass is 32.2. The highest BCUT2D eigenvalue weighted by Crippen LogP contribution is 2.10. The molecule has 0 radical (unpaired) electrons. The Morgan fingerprint density at radius 3 is 2.40 bits per heavy atom. The summed E-state index contributed by atoms with van der Waals surface area (Å²) in [5.41, 5.74) is -0.130. The first kappa shape index (κ1) is 3.46. The van der Waals surface area contributed by atoms with Crippen LogP contribution in [0.5, 0.6) is 0 Å². The van der Waals surface area contributed by atoms with Crippen LogP contribution in [0.15, 0.2) is 0 Å². The van der Waals surface area contributed by atoms with Crippen molar-refractivity contribution in [3.63, 3.8) is 0 Å². The number of rotatable bonds is 0. The van der Waals surface area contributed by atoms with Crippen LogP contribution in [0.4, 0.5) is 0 Å². The average molecular weight is 91.1 g/mol. The van der Waals surface area contributed by atoms with Crippen LogP contribution in [0, 0.1) is 0 Å². The average Bonchev–Trinajstić information content (AvgIpc) is 1.30. The summed E-state index contributed by atoms with van der Waals surface area (Å²) in [4.78, 5) is 0. The van der Waals surface area contributed by atoms with Crippen LogP contribution < -0.4 is 4.72 Å². The fraction of sp³-hybridized carbons (Fsp3) is 1.00. The van der Waals surface area contributed by atoms with Crippen LogP contribution in [-0.2, 0) is 0 Å². The second-order valence-electron chi connectivity index (χ2n) is 0.921. The summed E-state index contributed by atoms with van der Waals surface area (Å²) in [6, 6.07) is 0. The molecule has 1 aliphatic rings. The van der Waals surface area contributed by atoms with Gasteiger partial charge in [0, 0.05) is 6.54 Å². The van der Waals surface area contributed by atoms with Crippen molar-refractivity contribution in [2.45, 2.75) is 5.44 Å². The number of nitrogens with one attached hydrogen (secondary N) is 1. The molecule has 2 nitrogen and oxygen atoms in total. The minimum atomic E-state index is -0.130. The van der Waals surface area contributed by atoms with Gasteiger partial charge in [0.05, 0.1) is 0 Å². The molecule has 1 saturated heterocycles. The molecule has 1 unspecified atom stereocenters. The Bertz CT molecular complexity index is 36.6. The summed E-state index contributed by atoms with van der Waals surface area (Å²) in [5.74, 6) is 0. The maximum atomic E-state index is 8.35. The topological polar surface area (TPSA) is 32.3 Å². The van der Waals surface area contributed by atoms with Gasteiger partial charge in [0.1, 0.15) is 5.44 Å². The summed E-state index contributed by atoms with van der Waals surface area (Å²) in [7, 11) is 0. The maximum absolute atomic E-state index is 8.35. The fourth-order valence-corrected chi connectivity index (χ4v) is 0.474. The highest BCUT2D eigenvalue weighted by Gasteiger charge is 2.11. The zero-order chi connectivity index (χ0) is 3.70. The molecule has 1 aliphatic heterocycles. The molecular weight excluding hydrogens is 86.1 g/mol. The summed E-state index contributed by atoms with van der Waals surface area (Å²) in [5, 5.41) is 8.35. The van der Waals surface area contributed by atoms with Crippen LogP contribution in [0.1, 0.15) is 0 Å². The van der Waals surface area contributed by atoms with E-state index in [4.69, 9.17) is 5.11 Å². The first-order valence-corrected chi connectivity index (χ1v) is 2.34. The second kappa shape index (κ2) is 1.16. The van der Waals surface area contributed by atoms with E-state index in [2.05, 4.69) is 4.72 Å². The highest BCUT2D eigenvalue weighted by molar-refractivity contribution is 7.99. The molecule has 30 valence electrons. The van der Waals surface area contributed by atoms with E-state index in [-0.39, 0.29) is 5.44 Å². The molecule has 1 atom stereocenters. The van der Waals surface area contributed by atoms with E-state index in [0.717, 1.165) is 6.54 Å². The Balaban J connectivity index is 2.08. The van der Waals surface area contributed by atoms with E-state index in [9.17, 15) is 0 Å². The summed E-state index contributed by atoms with van der Waals surface area (Å²) < 4.78 is 2.83. The summed E-state index contributed by atoms with van der Waals surface area (Å²) in [6.07, 6.45) is 0. The predicted octanol–water partition coefficient (Wildman–Crippen LogP) is -0.444. The van der Waals surface area contributed by atoms with Crippen molar-refractivity contribution in [1.82, 2.24) is 4.72 Å². The molecule has 0 bridgehead atoms. The van der Waals surface area contributed by atoms with Gasteiger partial charge in [-0.2, -0.15) is 0 Å². The van der Waals surface area contributed by atoms with Crippen molar-refractivity contribution < 1.29 is 5.11 Å². The summed E-state index contributed by atoms with van der Waals surface area (Å²) in [6.45, 7) is 0.755. The molecule has 0 aliphatic carbocycles. The Labute approximate surface area is 34.7 Å². The van der Waals surface area contributed by atoms with E-state index in [1.54, 1.807) is 0 Å². The first-order valence-electron chi connectivity index (χ1n) is 1.46. The lowest BCUT2D eigenvalue weighted by molar-refractivity contribution is 0.250. The van der Waals surface area contributed by atoms with Gasteiger partial charge in [0.25, 0.3) is 0 Å². The van der Waals surface area contributed by atoms with Crippen LogP contribution in [0.25, 0.3) is 0 Å². The molecule has 1 fully saturated rings. The number of hydrogen-bond donors (Lipinski definition) is 2. The van der Waals surface area contributed by atoms with Gasteiger partial charge >= 0.3 is 0 Å². The standard InChI is InChI=1S/C2H5NOS/c4-2-1-3-5-2/h2-4H,1H2. The van der Waals surface area contributed by atoms with E-state index < -0.39 is 0 Å². The van der Waals surface area contributed by atoms with Crippen molar-refractivity contribution in [2.75, 3.05) is 6.54 Å². The van der Waals surface area contributed by atoms with Crippen molar-refractivity contribution in [3.05, 3.63) is 0 Å². The smallest absolute Gasteiger partial charge is 0.127 e. The van der Waals surface area contributed by atoms with Crippen LogP contribution in [-0.4, -0.2) is 17.1 Å². The Morgan fingerprint density at radius 1 is 2.00 bits per heavy atom. The van der Waals surface area contributed by atoms with Crippen molar-refractivity contribution >= 4 is 11.9 Å². The third-order valence-corrected chi connectivity index (χ3v) is 1.25. The third kappa shape index (κ3) is 0.560. The molecule has 2 N–H and O–H groups in total. The minimum absolute atomic E-state index is 0.130. The van der Waals surface area contributed by atoms with Gasteiger partial charge in [-0.15, -0.1) is 0 Å². The number of β-amino-alcohol motifs (C(OH)–C–C–N with tert-alkyl or cyclic N) is 1. The van der Waals surface area contributed by atoms with Gasteiger partial charge in [-0.1, -0.05) is 0 Å². The fourth-order valence-electron chi connectivity index (χ4n) is 0.158. The van der Waals surface area contributed by atoms with Crippen LogP contribution in [0.3, 0.4) is 0 Å². The number of aliphatic hydroxyl groups excluding tert-OH is 1. The zero-order valence-corrected chi connectivity index (χ0v) is 3.46. The van der Waals surface area contributed by atoms with E-state index in [1.165, 1.54) is 11.9 Å². The van der Waals surface area contributed by atoms with Crippen molar-refractivity contribution in [1.29, 1.82) is 0 Å². The van der Waals surface area contributed by atoms with Crippen LogP contribution >= 0.6 is 11.9 Å². The molecule has 0 saturated carbocycles. The molecule has 0 aromatic rings. The molecule has 5 heavy (non-hydrogen) atoms. The Kier molecular flexibility index (Phi) is 0.804. The number of hydrogen-bond acceptors (Lipinski definition) is 3. The Hall–Kier alpha value is 0.270. The minimum Gasteiger partial charge on any atom is -0.380 e. The monoisotopic (exact) mass is 91.0 g/mol. The lowest BCUT2D eigenvalue weighted by Gasteiger charge is -2.18. The largest absolute Gasteiger partial charge is 0.380 e. The molecule has 0 spiro atoms. The van der Waals surface area contributed by atoms with Gasteiger partial charge in [0.15, 0.2) is 0 Å². The quantitative estimate of drug-likeness (QED) is 0.396. The van der Waals surface area contributed by atoms with Crippen molar-refractivity contribution in [2.24, 2.45) is 0 Å². The molecule has 1 heterocycles. The van der Waals surface area contributed by atoms with E-state index in [1.807, 2.05) is 0 Å². The van der Waals surface area contributed by atoms with Gasteiger partial charge in [0.2, 0.25) is 0 Å². The maximum Gasteiger partial charge on any atom is 0.127 e. The lowest BCUT2D eigenvalue weighted by Crippen LogP contribution is -2.32. The lowest BCUT2D eigenvalue weighted by atomic mass is 10.7. The SMILES string of the molecule is OC1CNS1. The van der Waals surface area contributed by atoms with E-state index >= 15 is 0 Å². The molecular formula is C2H5NOS.